The van der Waals surface area contributed by atoms with E-state index in [1.54, 1.807) is 22.3 Å². The van der Waals surface area contributed by atoms with Crippen LogP contribution in [0.25, 0.3) is 65.3 Å². The van der Waals surface area contributed by atoms with Gasteiger partial charge in [-0.3, -0.25) is 0 Å². The van der Waals surface area contributed by atoms with Crippen molar-refractivity contribution in [1.29, 1.82) is 0 Å². The van der Waals surface area contributed by atoms with Crippen molar-refractivity contribution < 1.29 is 48.0 Å². The molecule has 0 unspecified atom stereocenters. The first-order valence-corrected chi connectivity index (χ1v) is 19.0. The van der Waals surface area contributed by atoms with Crippen molar-refractivity contribution in [2.24, 2.45) is 0 Å². The first kappa shape index (κ1) is 31.8. The van der Waals surface area contributed by atoms with Gasteiger partial charge in [-0.05, 0) is 0 Å². The van der Waals surface area contributed by atoms with E-state index < -0.39 is 23.2 Å². The molecule has 0 heterocycles. The standard InChI is InChI=1S/2C21H13.C2H6.2ClH.Zr/c2*1-3-7-18-14(5-1)9-11-16-13-17-12-10-15-6-2-4-8-19(15)21(17)20(16)18;1-2;;;/h2*1-13H;1-2H3;2*1H;/q;;;;;+2/p-2. The maximum absolute atomic E-state index is 2.47. The zero-order valence-electron chi connectivity index (χ0n) is 26.3. The molecule has 3 heteroatoms. The molecule has 8 aromatic carbocycles. The summed E-state index contributed by atoms with van der Waals surface area (Å²) in [4.78, 5) is 0. The third-order valence-electron chi connectivity index (χ3n) is 9.92. The van der Waals surface area contributed by atoms with Crippen LogP contribution >= 0.6 is 0 Å². The zero-order chi connectivity index (χ0) is 30.1. The van der Waals surface area contributed by atoms with Gasteiger partial charge in [-0.2, -0.15) is 0 Å². The summed E-state index contributed by atoms with van der Waals surface area (Å²) in [6.45, 7) is 4.00. The molecule has 0 aromatic heterocycles. The molecule has 0 nitrogen and oxygen atoms in total. The zero-order valence-corrected chi connectivity index (χ0v) is 30.2. The van der Waals surface area contributed by atoms with Crippen LogP contribution in [0.4, 0.5) is 0 Å². The summed E-state index contributed by atoms with van der Waals surface area (Å²) >= 11 is -1.14. The van der Waals surface area contributed by atoms with Gasteiger partial charge in [0.1, 0.15) is 0 Å². The van der Waals surface area contributed by atoms with Crippen LogP contribution in [0.15, 0.2) is 146 Å². The second-order valence-corrected chi connectivity index (χ2v) is 15.7. The van der Waals surface area contributed by atoms with Gasteiger partial charge < -0.3 is 24.8 Å². The van der Waals surface area contributed by atoms with Crippen molar-refractivity contribution in [3.63, 3.8) is 0 Å². The molecule has 10 rings (SSSR count). The molecule has 8 aromatic rings. The number of hydrogen-bond donors (Lipinski definition) is 0. The molecule has 0 amide bonds. The van der Waals surface area contributed by atoms with Gasteiger partial charge in [0.05, 0.1) is 0 Å². The molecule has 2 aliphatic carbocycles. The van der Waals surface area contributed by atoms with Crippen molar-refractivity contribution in [1.82, 2.24) is 0 Å². The normalized spacial score (nSPS) is 12.7. The van der Waals surface area contributed by atoms with Gasteiger partial charge in [-0.1, -0.05) is 13.8 Å². The molecule has 0 fully saturated rings. The maximum atomic E-state index is 2.47. The van der Waals surface area contributed by atoms with Gasteiger partial charge in [0.15, 0.2) is 0 Å². The van der Waals surface area contributed by atoms with E-state index in [1.165, 1.54) is 65.3 Å². The van der Waals surface area contributed by atoms with Crippen molar-refractivity contribution in [3.05, 3.63) is 168 Å². The number of fused-ring (bicyclic) bond motifs is 14. The van der Waals surface area contributed by atoms with Gasteiger partial charge in [-0.15, -0.1) is 0 Å². The Hall–Kier alpha value is -3.74. The van der Waals surface area contributed by atoms with Crippen LogP contribution in [0, 0.1) is 0 Å². The van der Waals surface area contributed by atoms with Crippen LogP contribution in [0.3, 0.4) is 0 Å². The molecule has 0 saturated heterocycles. The minimum absolute atomic E-state index is 0. The Morgan fingerprint density at radius 3 is 0.809 bits per heavy atom. The summed E-state index contributed by atoms with van der Waals surface area (Å²) in [5, 5.41) is 10.9. The first-order chi connectivity index (χ1) is 22.3. The van der Waals surface area contributed by atoms with Crippen LogP contribution in [0.5, 0.6) is 0 Å². The van der Waals surface area contributed by atoms with Crippen LogP contribution in [-0.2, 0) is 23.2 Å². The van der Waals surface area contributed by atoms with E-state index in [-0.39, 0.29) is 24.8 Å². The fraction of sp³-hybridized carbons (Fsp3) is 0.0909. The molecule has 0 bridgehead atoms. The predicted octanol–water partition coefficient (Wildman–Crippen LogP) is 6.26. The molecule has 0 saturated carbocycles. The predicted molar refractivity (Wildman–Crippen MR) is 189 cm³/mol. The quantitative estimate of drug-likeness (QED) is 0.198. The molecule has 226 valence electrons. The first-order valence-electron chi connectivity index (χ1n) is 16.2. The van der Waals surface area contributed by atoms with Crippen LogP contribution in [0.1, 0.15) is 43.4 Å². The van der Waals surface area contributed by atoms with Crippen LogP contribution < -0.4 is 24.8 Å². The Kier molecular flexibility index (Phi) is 8.61. The third-order valence-corrected chi connectivity index (χ3v) is 14.6. The summed E-state index contributed by atoms with van der Waals surface area (Å²) in [7, 11) is 0. The average Bonchev–Trinajstić information content (AvgIpc) is 3.62. The fourth-order valence-electron chi connectivity index (χ4n) is 8.09. The minimum atomic E-state index is -1.14. The van der Waals surface area contributed by atoms with E-state index in [0.29, 0.717) is 7.25 Å². The molecular formula is C44H32Cl2Zr. The molecule has 0 atom stereocenters. The molecule has 0 radical (unpaired) electrons. The average molecular weight is 723 g/mol. The monoisotopic (exact) mass is 720 g/mol. The topological polar surface area (TPSA) is 0 Å². The summed E-state index contributed by atoms with van der Waals surface area (Å²) < 4.78 is 0.981. The summed E-state index contributed by atoms with van der Waals surface area (Å²) in [5.41, 5.74) is 12.1. The number of hydrogen-bond acceptors (Lipinski definition) is 0. The second kappa shape index (κ2) is 12.7. The van der Waals surface area contributed by atoms with E-state index in [1.807, 2.05) is 13.8 Å². The van der Waals surface area contributed by atoms with E-state index in [4.69, 9.17) is 0 Å². The number of rotatable bonds is 2. The summed E-state index contributed by atoms with van der Waals surface area (Å²) in [5.74, 6) is 0. The van der Waals surface area contributed by atoms with Crippen LogP contribution in [-0.4, -0.2) is 0 Å². The Labute approximate surface area is 300 Å². The number of halogens is 2. The summed E-state index contributed by atoms with van der Waals surface area (Å²) in [6.07, 6.45) is 0. The van der Waals surface area contributed by atoms with Gasteiger partial charge in [0.25, 0.3) is 0 Å². The molecule has 0 aliphatic heterocycles. The number of benzene rings is 8. The van der Waals surface area contributed by atoms with Crippen molar-refractivity contribution in [2.45, 2.75) is 21.1 Å². The van der Waals surface area contributed by atoms with Gasteiger partial charge >= 0.3 is 264 Å². The van der Waals surface area contributed by atoms with Crippen molar-refractivity contribution in [2.75, 3.05) is 0 Å². The van der Waals surface area contributed by atoms with Gasteiger partial charge in [0.2, 0.25) is 0 Å². The van der Waals surface area contributed by atoms with Crippen LogP contribution in [0.2, 0.25) is 0 Å². The molecule has 0 N–H and O–H groups in total. The second-order valence-electron chi connectivity index (χ2n) is 12.0. The van der Waals surface area contributed by atoms with Gasteiger partial charge in [-0.25, -0.2) is 0 Å². The SMILES string of the molecule is CC.[Cl-].[Cl-].c1ccc2c3c(ccc2c1)[CH]([Zr+2][CH]1c2ccc4ccccc4c2-c2c1ccc1ccccc21)c1ccc2ccccc2c1-3. The van der Waals surface area contributed by atoms with E-state index >= 15 is 0 Å². The Bertz CT molecular complexity index is 2120. The molecular weight excluding hydrogens is 691 g/mol. The molecule has 47 heavy (non-hydrogen) atoms. The van der Waals surface area contributed by atoms with Crippen molar-refractivity contribution >= 4 is 43.1 Å². The van der Waals surface area contributed by atoms with E-state index in [2.05, 4.69) is 146 Å². The van der Waals surface area contributed by atoms with Gasteiger partial charge in [0, 0.05) is 0 Å². The van der Waals surface area contributed by atoms with Crippen molar-refractivity contribution in [3.8, 4) is 22.3 Å². The molecule has 2 aliphatic rings. The van der Waals surface area contributed by atoms with E-state index in [9.17, 15) is 0 Å². The van der Waals surface area contributed by atoms with E-state index in [0.717, 1.165) is 0 Å². The Morgan fingerprint density at radius 1 is 0.319 bits per heavy atom. The third kappa shape index (κ3) is 4.74. The Morgan fingerprint density at radius 2 is 0.553 bits per heavy atom. The molecule has 0 spiro atoms. The fourth-order valence-corrected chi connectivity index (χ4v) is 13.0. The summed E-state index contributed by atoms with van der Waals surface area (Å²) in [6, 6.07) is 55.3. The Balaban J connectivity index is 0.000000863.